The van der Waals surface area contributed by atoms with Crippen LogP contribution in [0.4, 0.5) is 11.4 Å². The molecule has 0 atom stereocenters. The first-order chi connectivity index (χ1) is 14.5. The molecule has 0 aliphatic heterocycles. The third kappa shape index (κ3) is 6.97. The number of hydrogen-bond acceptors (Lipinski definition) is 5. The maximum Gasteiger partial charge on any atom is 0.339 e. The smallest absolute Gasteiger partial charge is 0.339 e. The molecule has 31 heavy (non-hydrogen) atoms. The molecule has 0 aliphatic rings. The van der Waals surface area contributed by atoms with Gasteiger partial charge in [-0.3, -0.25) is 9.10 Å². The minimum absolute atomic E-state index is 0.105. The molecule has 0 saturated heterocycles. The summed E-state index contributed by atoms with van der Waals surface area (Å²) in [6, 6.07) is 10.2. The van der Waals surface area contributed by atoms with Crippen LogP contribution in [-0.4, -0.2) is 39.7 Å². The Kier molecular flexibility index (Phi) is 8.47. The number of benzene rings is 2. The first kappa shape index (κ1) is 24.7. The van der Waals surface area contributed by atoms with Crippen LogP contribution >= 0.6 is 11.6 Å². The number of nitrogens with one attached hydrogen (secondary N) is 1. The lowest BCUT2D eigenvalue weighted by molar-refractivity contribution is -0.116. The van der Waals surface area contributed by atoms with E-state index in [-0.39, 0.29) is 36.1 Å². The quantitative estimate of drug-likeness (QED) is 0.555. The van der Waals surface area contributed by atoms with Gasteiger partial charge in [-0.15, -0.1) is 0 Å². The highest BCUT2D eigenvalue weighted by molar-refractivity contribution is 7.92. The monoisotopic (exact) mass is 466 g/mol. The van der Waals surface area contributed by atoms with E-state index >= 15 is 0 Å². The van der Waals surface area contributed by atoms with Crippen molar-refractivity contribution in [3.63, 3.8) is 0 Å². The second kappa shape index (κ2) is 10.6. The second-order valence-electron chi connectivity index (χ2n) is 7.19. The van der Waals surface area contributed by atoms with Crippen LogP contribution in [0.3, 0.4) is 0 Å². The van der Waals surface area contributed by atoms with Gasteiger partial charge in [-0.25, -0.2) is 13.2 Å². The summed E-state index contributed by atoms with van der Waals surface area (Å²) in [6.07, 6.45) is 1.58. The van der Waals surface area contributed by atoms with Crippen molar-refractivity contribution in [3.05, 3.63) is 58.1 Å². The van der Waals surface area contributed by atoms with Gasteiger partial charge in [0.25, 0.3) is 0 Å². The molecule has 0 spiro atoms. The molecule has 9 heteroatoms. The molecule has 0 bridgehead atoms. The van der Waals surface area contributed by atoms with E-state index in [1.165, 1.54) is 16.4 Å². The van der Waals surface area contributed by atoms with Crippen LogP contribution in [0.25, 0.3) is 0 Å². The van der Waals surface area contributed by atoms with Crippen molar-refractivity contribution >= 4 is 44.9 Å². The van der Waals surface area contributed by atoms with Crippen LogP contribution in [0.2, 0.25) is 5.02 Å². The van der Waals surface area contributed by atoms with Crippen LogP contribution in [0.15, 0.2) is 36.4 Å². The molecule has 2 aromatic carbocycles. The van der Waals surface area contributed by atoms with Crippen molar-refractivity contribution in [1.29, 1.82) is 0 Å². The first-order valence-electron chi connectivity index (χ1n) is 9.84. The molecule has 0 aliphatic carbocycles. The zero-order chi connectivity index (χ0) is 23.2. The van der Waals surface area contributed by atoms with E-state index in [4.69, 9.17) is 16.3 Å². The number of nitrogens with zero attached hydrogens (tertiary/aromatic N) is 1. The summed E-state index contributed by atoms with van der Waals surface area (Å²) in [4.78, 5) is 24.3. The van der Waals surface area contributed by atoms with E-state index in [0.29, 0.717) is 17.8 Å². The fourth-order valence-corrected chi connectivity index (χ4v) is 4.24. The van der Waals surface area contributed by atoms with Gasteiger partial charge in [0.2, 0.25) is 15.9 Å². The average molecular weight is 467 g/mol. The fourth-order valence-electron chi connectivity index (χ4n) is 3.03. The number of amides is 1. The number of anilines is 2. The molecule has 0 heterocycles. The summed E-state index contributed by atoms with van der Waals surface area (Å²) in [5.74, 6) is -0.868. The molecule has 0 saturated carbocycles. The Morgan fingerprint density at radius 2 is 1.84 bits per heavy atom. The molecule has 1 N–H and O–H groups in total. The van der Waals surface area contributed by atoms with E-state index in [1.807, 2.05) is 32.0 Å². The van der Waals surface area contributed by atoms with Crippen LogP contribution < -0.4 is 9.62 Å². The summed E-state index contributed by atoms with van der Waals surface area (Å²) in [6.45, 7) is 5.82. The molecular formula is C22H27ClN2O5S. The Hall–Kier alpha value is -2.58. The van der Waals surface area contributed by atoms with Crippen molar-refractivity contribution in [2.45, 2.75) is 33.6 Å². The number of esters is 1. The average Bonchev–Trinajstić information content (AvgIpc) is 2.68. The molecule has 0 radical (unpaired) electrons. The van der Waals surface area contributed by atoms with Crippen molar-refractivity contribution in [2.24, 2.45) is 0 Å². The van der Waals surface area contributed by atoms with E-state index in [9.17, 15) is 18.0 Å². The number of aryl methyl sites for hydroxylation is 2. The van der Waals surface area contributed by atoms with Gasteiger partial charge in [0, 0.05) is 18.7 Å². The lowest BCUT2D eigenvalue weighted by atomic mass is 10.1. The maximum absolute atomic E-state index is 12.4. The zero-order valence-corrected chi connectivity index (χ0v) is 19.6. The molecule has 0 unspecified atom stereocenters. The summed E-state index contributed by atoms with van der Waals surface area (Å²) in [5.41, 5.74) is 2.98. The minimum Gasteiger partial charge on any atom is -0.462 e. The van der Waals surface area contributed by atoms with Crippen molar-refractivity contribution in [1.82, 2.24) is 0 Å². The van der Waals surface area contributed by atoms with Gasteiger partial charge in [0.1, 0.15) is 0 Å². The van der Waals surface area contributed by atoms with Gasteiger partial charge in [0.15, 0.2) is 0 Å². The Morgan fingerprint density at radius 3 is 2.48 bits per heavy atom. The number of sulfonamides is 1. The Morgan fingerprint density at radius 1 is 1.13 bits per heavy atom. The number of halogens is 1. The molecule has 168 valence electrons. The largest absolute Gasteiger partial charge is 0.462 e. The minimum atomic E-state index is -3.50. The topological polar surface area (TPSA) is 92.8 Å². The highest BCUT2D eigenvalue weighted by Gasteiger charge is 2.20. The highest BCUT2D eigenvalue weighted by Crippen LogP contribution is 2.25. The second-order valence-corrected chi connectivity index (χ2v) is 9.51. The Bertz CT molecular complexity index is 1070. The van der Waals surface area contributed by atoms with Gasteiger partial charge < -0.3 is 10.1 Å². The number of ether oxygens (including phenoxy) is 1. The third-order valence-electron chi connectivity index (χ3n) is 4.54. The van der Waals surface area contributed by atoms with Crippen molar-refractivity contribution < 1.29 is 22.7 Å². The summed E-state index contributed by atoms with van der Waals surface area (Å²) >= 11 is 6.03. The molecule has 0 fully saturated rings. The normalized spacial score (nSPS) is 11.1. The third-order valence-corrected chi connectivity index (χ3v) is 6.05. The SMILES string of the molecule is CCOC(=O)c1cc(NC(=O)CCCN(c2cc(C)ccc2C)S(C)(=O)=O)ccc1Cl. The van der Waals surface area contributed by atoms with Gasteiger partial charge in [-0.05, 0) is 62.6 Å². The lowest BCUT2D eigenvalue weighted by Gasteiger charge is -2.24. The van der Waals surface area contributed by atoms with Gasteiger partial charge >= 0.3 is 5.97 Å². The van der Waals surface area contributed by atoms with Crippen LogP contribution in [-0.2, 0) is 19.6 Å². The van der Waals surface area contributed by atoms with Crippen molar-refractivity contribution in [3.8, 4) is 0 Å². The van der Waals surface area contributed by atoms with E-state index in [2.05, 4.69) is 5.32 Å². The van der Waals surface area contributed by atoms with E-state index in [0.717, 1.165) is 17.4 Å². The Labute approximate surface area is 188 Å². The maximum atomic E-state index is 12.4. The fraction of sp³-hybridized carbons (Fsp3) is 0.364. The summed E-state index contributed by atoms with van der Waals surface area (Å²) in [5, 5.41) is 2.94. The molecule has 0 aromatic heterocycles. The van der Waals surface area contributed by atoms with Gasteiger partial charge in [-0.2, -0.15) is 0 Å². The first-order valence-corrected chi connectivity index (χ1v) is 12.1. The predicted molar refractivity (Wildman–Crippen MR) is 123 cm³/mol. The lowest BCUT2D eigenvalue weighted by Crippen LogP contribution is -2.32. The molecule has 1 amide bonds. The van der Waals surface area contributed by atoms with Crippen LogP contribution in [0.1, 0.15) is 41.3 Å². The van der Waals surface area contributed by atoms with Crippen molar-refractivity contribution in [2.75, 3.05) is 29.0 Å². The van der Waals surface area contributed by atoms with E-state index < -0.39 is 16.0 Å². The van der Waals surface area contributed by atoms with Crippen LogP contribution in [0.5, 0.6) is 0 Å². The number of carbonyl (C=O) groups is 2. The standard InChI is InChI=1S/C22H27ClN2O5S/c1-5-30-22(27)18-14-17(10-11-19(18)23)24-21(26)7-6-12-25(31(4,28)29)20-13-15(2)8-9-16(20)3/h8-11,13-14H,5-7,12H2,1-4H3,(H,24,26). The number of rotatable bonds is 9. The summed E-state index contributed by atoms with van der Waals surface area (Å²) in [7, 11) is -3.50. The zero-order valence-electron chi connectivity index (χ0n) is 18.1. The van der Waals surface area contributed by atoms with Gasteiger partial charge in [0.05, 0.1) is 29.1 Å². The molecule has 2 aromatic rings. The molecule has 7 nitrogen and oxygen atoms in total. The number of hydrogen-bond donors (Lipinski definition) is 1. The summed E-state index contributed by atoms with van der Waals surface area (Å²) < 4.78 is 30.9. The molecule has 2 rings (SSSR count). The highest BCUT2D eigenvalue weighted by atomic mass is 35.5. The molecular weight excluding hydrogens is 440 g/mol. The van der Waals surface area contributed by atoms with E-state index in [1.54, 1.807) is 13.0 Å². The number of carbonyl (C=O) groups excluding carboxylic acids is 2. The Balaban J connectivity index is 2.04. The predicted octanol–water partition coefficient (Wildman–Crippen LogP) is 4.32. The van der Waals surface area contributed by atoms with Crippen LogP contribution in [0, 0.1) is 13.8 Å². The van der Waals surface area contributed by atoms with Gasteiger partial charge in [-0.1, -0.05) is 23.7 Å².